The number of para-hydroxylation sites is 1. The molecule has 5 aromatic rings. The molecule has 4 aromatic heterocycles. The van der Waals surface area contributed by atoms with E-state index in [1.807, 2.05) is 55.9 Å². The van der Waals surface area contributed by atoms with Crippen molar-refractivity contribution in [2.75, 3.05) is 6.61 Å². The van der Waals surface area contributed by atoms with E-state index in [1.165, 1.54) is 12.3 Å². The molecule has 44 heavy (non-hydrogen) atoms. The first-order valence-corrected chi connectivity index (χ1v) is 14.5. The molecule has 8 nitrogen and oxygen atoms in total. The van der Waals surface area contributed by atoms with Crippen LogP contribution in [0.5, 0.6) is 5.75 Å². The zero-order chi connectivity index (χ0) is 31.0. The van der Waals surface area contributed by atoms with E-state index in [0.717, 1.165) is 63.4 Å². The maximum absolute atomic E-state index is 13.4. The number of aryl methyl sites for hydroxylation is 3. The summed E-state index contributed by atoms with van der Waals surface area (Å²) in [5.74, 6) is 0.551. The SMILES string of the molecule is Cc1cc(-c2c(C)cnn2C2CCCCO2)c2cccc(OCc3c(C)ccnc3Cn3cccc(C(F)(F)F)c3=O)c2n1. The molecule has 1 aromatic carbocycles. The molecule has 0 N–H and O–H groups in total. The van der Waals surface area contributed by atoms with Gasteiger partial charge in [-0.2, -0.15) is 18.3 Å². The van der Waals surface area contributed by atoms with E-state index >= 15 is 0 Å². The van der Waals surface area contributed by atoms with Crippen LogP contribution >= 0.6 is 0 Å². The fourth-order valence-corrected chi connectivity index (χ4v) is 5.75. The van der Waals surface area contributed by atoms with Gasteiger partial charge in [0.15, 0.2) is 6.23 Å². The first kappa shape index (κ1) is 29.6. The molecule has 0 aliphatic carbocycles. The molecule has 5 heterocycles. The van der Waals surface area contributed by atoms with Gasteiger partial charge < -0.3 is 14.0 Å². The first-order chi connectivity index (χ1) is 21.1. The first-order valence-electron chi connectivity index (χ1n) is 14.5. The Morgan fingerprint density at radius 1 is 1.07 bits per heavy atom. The summed E-state index contributed by atoms with van der Waals surface area (Å²) in [5.41, 5.74) is 4.10. The fraction of sp³-hybridized carbons (Fsp3) is 0.333. The Hall–Kier alpha value is -4.51. The molecule has 1 saturated heterocycles. The van der Waals surface area contributed by atoms with Gasteiger partial charge in [0.25, 0.3) is 5.56 Å². The van der Waals surface area contributed by atoms with Gasteiger partial charge in [-0.1, -0.05) is 12.1 Å². The number of rotatable bonds is 7. The predicted molar refractivity (Wildman–Crippen MR) is 159 cm³/mol. The maximum atomic E-state index is 13.4. The fourth-order valence-electron chi connectivity index (χ4n) is 5.75. The van der Waals surface area contributed by atoms with E-state index in [0.29, 0.717) is 29.1 Å². The Balaban J connectivity index is 1.35. The van der Waals surface area contributed by atoms with E-state index < -0.39 is 17.3 Å². The average Bonchev–Trinajstić information content (AvgIpc) is 3.38. The lowest BCUT2D eigenvalue weighted by Gasteiger charge is -2.25. The molecule has 11 heteroatoms. The number of fused-ring (bicyclic) bond motifs is 1. The van der Waals surface area contributed by atoms with Crippen LogP contribution in [0, 0.1) is 20.8 Å². The molecule has 228 valence electrons. The molecule has 0 radical (unpaired) electrons. The van der Waals surface area contributed by atoms with Crippen LogP contribution in [0.2, 0.25) is 0 Å². The van der Waals surface area contributed by atoms with E-state index in [4.69, 9.17) is 14.5 Å². The summed E-state index contributed by atoms with van der Waals surface area (Å²) in [6.07, 6.45) is 2.89. The lowest BCUT2D eigenvalue weighted by Crippen LogP contribution is -2.29. The third-order valence-corrected chi connectivity index (χ3v) is 7.99. The van der Waals surface area contributed by atoms with E-state index in [2.05, 4.69) is 10.1 Å². The van der Waals surface area contributed by atoms with Gasteiger partial charge in [0.05, 0.1) is 24.1 Å². The minimum atomic E-state index is -4.75. The second-order valence-electron chi connectivity index (χ2n) is 11.1. The van der Waals surface area contributed by atoms with Gasteiger partial charge in [-0.3, -0.25) is 9.78 Å². The molecule has 1 aliphatic rings. The molecule has 0 amide bonds. The van der Waals surface area contributed by atoms with Crippen LogP contribution in [0.4, 0.5) is 13.2 Å². The minimum absolute atomic E-state index is 0.0830. The van der Waals surface area contributed by atoms with E-state index in [1.54, 1.807) is 12.3 Å². The number of aromatic nitrogens is 5. The summed E-state index contributed by atoms with van der Waals surface area (Å²) in [6.45, 7) is 6.50. The Morgan fingerprint density at radius 2 is 1.91 bits per heavy atom. The second kappa shape index (κ2) is 11.9. The Bertz CT molecular complexity index is 1890. The zero-order valence-electron chi connectivity index (χ0n) is 24.7. The lowest BCUT2D eigenvalue weighted by molar-refractivity contribution is -0.138. The van der Waals surface area contributed by atoms with E-state index in [9.17, 15) is 18.0 Å². The van der Waals surface area contributed by atoms with Gasteiger partial charge >= 0.3 is 6.18 Å². The van der Waals surface area contributed by atoms with E-state index in [-0.39, 0.29) is 19.4 Å². The normalized spacial score (nSPS) is 15.5. The summed E-state index contributed by atoms with van der Waals surface area (Å²) >= 11 is 0. The molecule has 0 bridgehead atoms. The number of hydrogen-bond donors (Lipinski definition) is 0. The van der Waals surface area contributed by atoms with Gasteiger partial charge in [0.1, 0.15) is 23.4 Å². The number of nitrogens with zero attached hydrogens (tertiary/aromatic N) is 5. The largest absolute Gasteiger partial charge is 0.487 e. The van der Waals surface area contributed by atoms with Crippen LogP contribution < -0.4 is 10.3 Å². The molecule has 1 aliphatic heterocycles. The standard InChI is InChI=1S/C33H32F3N5O3/c1-20-12-13-37-27(18-40-14-7-9-26(32(40)42)33(34,35)36)25(20)19-44-28-10-6-8-23-24(16-22(3)39-30(23)28)31-21(2)17-38-41(31)29-11-4-5-15-43-29/h6-10,12-14,16-17,29H,4-5,11,15,18-19H2,1-3H3. The predicted octanol–water partition coefficient (Wildman–Crippen LogP) is 6.93. The van der Waals surface area contributed by atoms with Gasteiger partial charge in [-0.05, 0) is 81.5 Å². The van der Waals surface area contributed by atoms with Crippen molar-refractivity contribution < 1.29 is 22.6 Å². The van der Waals surface area contributed by atoms with Crippen LogP contribution in [-0.4, -0.2) is 30.9 Å². The molecule has 0 spiro atoms. The van der Waals surface area contributed by atoms with Crippen LogP contribution in [0.15, 0.2) is 65.8 Å². The highest BCUT2D eigenvalue weighted by Gasteiger charge is 2.34. The molecule has 1 unspecified atom stereocenters. The van der Waals surface area contributed by atoms with Crippen molar-refractivity contribution in [2.24, 2.45) is 0 Å². The van der Waals surface area contributed by atoms with Crippen LogP contribution in [-0.2, 0) is 24.1 Å². The number of benzene rings is 1. The second-order valence-corrected chi connectivity index (χ2v) is 11.1. The van der Waals surface area contributed by atoms with Gasteiger partial charge in [0.2, 0.25) is 0 Å². The average molecular weight is 604 g/mol. The van der Waals surface area contributed by atoms with Crippen molar-refractivity contribution in [1.82, 2.24) is 24.3 Å². The number of hydrogen-bond acceptors (Lipinski definition) is 6. The van der Waals surface area contributed by atoms with Gasteiger partial charge in [-0.15, -0.1) is 0 Å². The minimum Gasteiger partial charge on any atom is -0.487 e. The van der Waals surface area contributed by atoms with Gasteiger partial charge in [0, 0.05) is 41.2 Å². The molecule has 1 atom stereocenters. The Morgan fingerprint density at radius 3 is 2.68 bits per heavy atom. The molecular weight excluding hydrogens is 571 g/mol. The number of halogens is 3. The summed E-state index contributed by atoms with van der Waals surface area (Å²) in [6, 6.07) is 11.6. The van der Waals surface area contributed by atoms with Crippen LogP contribution in [0.25, 0.3) is 22.2 Å². The summed E-state index contributed by atoms with van der Waals surface area (Å²) < 4.78 is 55.5. The number of alkyl halides is 3. The maximum Gasteiger partial charge on any atom is 0.421 e. The number of ether oxygens (including phenoxy) is 2. The molecule has 0 saturated carbocycles. The Labute approximate surface area is 252 Å². The number of pyridine rings is 3. The highest BCUT2D eigenvalue weighted by Crippen LogP contribution is 2.37. The summed E-state index contributed by atoms with van der Waals surface area (Å²) in [4.78, 5) is 21.9. The van der Waals surface area contributed by atoms with Crippen molar-refractivity contribution in [3.8, 4) is 17.0 Å². The summed E-state index contributed by atoms with van der Waals surface area (Å²) in [7, 11) is 0. The molecule has 1 fully saturated rings. The lowest BCUT2D eigenvalue weighted by atomic mass is 10.0. The van der Waals surface area contributed by atoms with Gasteiger partial charge in [-0.25, -0.2) is 9.67 Å². The highest BCUT2D eigenvalue weighted by atomic mass is 19.4. The van der Waals surface area contributed by atoms with Crippen LogP contribution in [0.1, 0.15) is 59.1 Å². The van der Waals surface area contributed by atoms with Crippen molar-refractivity contribution in [2.45, 2.75) is 65.6 Å². The van der Waals surface area contributed by atoms with Crippen molar-refractivity contribution in [1.29, 1.82) is 0 Å². The third-order valence-electron chi connectivity index (χ3n) is 7.99. The summed E-state index contributed by atoms with van der Waals surface area (Å²) in [5, 5.41) is 5.57. The molecular formula is C33H32F3N5O3. The Kier molecular flexibility index (Phi) is 7.98. The van der Waals surface area contributed by atoms with Crippen molar-refractivity contribution in [3.05, 3.63) is 105 Å². The topological polar surface area (TPSA) is 84.1 Å². The highest BCUT2D eigenvalue weighted by molar-refractivity contribution is 5.97. The van der Waals surface area contributed by atoms with Crippen LogP contribution in [0.3, 0.4) is 0 Å². The zero-order valence-corrected chi connectivity index (χ0v) is 24.7. The smallest absolute Gasteiger partial charge is 0.421 e. The quantitative estimate of drug-likeness (QED) is 0.201. The third kappa shape index (κ3) is 5.71. The molecule has 6 rings (SSSR count). The monoisotopic (exact) mass is 603 g/mol. The van der Waals surface area contributed by atoms with Crippen molar-refractivity contribution in [3.63, 3.8) is 0 Å². The van der Waals surface area contributed by atoms with Crippen molar-refractivity contribution >= 4 is 10.9 Å².